The molecule has 3 N–H and O–H groups in total. The molecule has 4 rings (SSSR count). The van der Waals surface area contributed by atoms with Gasteiger partial charge in [-0.2, -0.15) is 23.0 Å². The molecule has 0 spiro atoms. The van der Waals surface area contributed by atoms with Crippen LogP contribution in [0.3, 0.4) is 0 Å². The smallest absolute Gasteiger partial charge is 0.411 e. The highest BCUT2D eigenvalue weighted by Crippen LogP contribution is 2.36. The lowest BCUT2D eigenvalue weighted by Crippen LogP contribution is -2.28. The molecule has 8 nitrogen and oxygen atoms in total. The molecule has 1 saturated heterocycles. The zero-order valence-corrected chi connectivity index (χ0v) is 19.8. The molecular formula is C25H26F3N5O3. The molecule has 11 heteroatoms. The van der Waals surface area contributed by atoms with Gasteiger partial charge in [0.2, 0.25) is 0 Å². The summed E-state index contributed by atoms with van der Waals surface area (Å²) in [6.45, 7) is 4.72. The van der Waals surface area contributed by atoms with E-state index in [1.807, 2.05) is 6.92 Å². The van der Waals surface area contributed by atoms with E-state index >= 15 is 0 Å². The van der Waals surface area contributed by atoms with Crippen LogP contribution in [-0.2, 0) is 6.18 Å². The minimum absolute atomic E-state index is 0.0940. The second kappa shape index (κ2) is 10.0. The average Bonchev–Trinajstić information content (AvgIpc) is 3.25. The fraction of sp³-hybridized carbons (Fsp3) is 0.320. The lowest BCUT2D eigenvalue weighted by atomic mass is 10.0. The van der Waals surface area contributed by atoms with Gasteiger partial charge in [-0.05, 0) is 67.8 Å². The van der Waals surface area contributed by atoms with Crippen molar-refractivity contribution in [2.45, 2.75) is 32.5 Å². The number of aliphatic hydroxyl groups excluding tert-OH is 1. The molecule has 0 radical (unpaired) electrons. The van der Waals surface area contributed by atoms with Crippen molar-refractivity contribution in [2.24, 2.45) is 5.16 Å². The van der Waals surface area contributed by atoms with Crippen LogP contribution < -0.4 is 15.8 Å². The maximum Gasteiger partial charge on any atom is 0.418 e. The zero-order valence-electron chi connectivity index (χ0n) is 19.8. The number of aryl methyl sites for hydroxylation is 1. The highest BCUT2D eigenvalue weighted by Gasteiger charge is 2.35. The van der Waals surface area contributed by atoms with E-state index in [4.69, 9.17) is 5.21 Å². The number of oxime groups is 1. The zero-order chi connectivity index (χ0) is 26.0. The van der Waals surface area contributed by atoms with Crippen molar-refractivity contribution >= 4 is 17.6 Å². The first kappa shape index (κ1) is 25.2. The molecule has 3 aromatic rings. The van der Waals surface area contributed by atoms with E-state index in [1.165, 1.54) is 24.4 Å². The topological polar surface area (TPSA) is 103 Å². The molecule has 1 unspecified atom stereocenters. The number of benzene rings is 2. The van der Waals surface area contributed by atoms with Gasteiger partial charge in [0.1, 0.15) is 5.69 Å². The predicted molar refractivity (Wildman–Crippen MR) is 131 cm³/mol. The van der Waals surface area contributed by atoms with Gasteiger partial charge in [-0.3, -0.25) is 4.79 Å². The van der Waals surface area contributed by atoms with Gasteiger partial charge in [0.05, 0.1) is 29.3 Å². The third-order valence-corrected chi connectivity index (χ3v) is 5.92. The van der Waals surface area contributed by atoms with Crippen LogP contribution in [0.2, 0.25) is 0 Å². The summed E-state index contributed by atoms with van der Waals surface area (Å²) in [5, 5.41) is 29.1. The first-order valence-electron chi connectivity index (χ1n) is 11.4. The van der Waals surface area contributed by atoms with Crippen molar-refractivity contribution in [3.05, 3.63) is 69.5 Å². The first-order chi connectivity index (χ1) is 17.1. The van der Waals surface area contributed by atoms with Crippen molar-refractivity contribution in [3.63, 3.8) is 0 Å². The van der Waals surface area contributed by atoms with E-state index in [1.54, 1.807) is 30.0 Å². The molecule has 1 aromatic heterocycles. The Bertz CT molecular complexity index is 1350. The number of rotatable bonds is 6. The largest absolute Gasteiger partial charge is 0.418 e. The van der Waals surface area contributed by atoms with Gasteiger partial charge < -0.3 is 20.5 Å². The molecule has 1 aliphatic heterocycles. The molecule has 36 heavy (non-hydrogen) atoms. The van der Waals surface area contributed by atoms with Crippen molar-refractivity contribution in [1.29, 1.82) is 0 Å². The first-order valence-corrected chi connectivity index (χ1v) is 11.4. The molecular weight excluding hydrogens is 475 g/mol. The normalized spacial score (nSPS) is 16.2. The van der Waals surface area contributed by atoms with Gasteiger partial charge in [-0.1, -0.05) is 11.2 Å². The van der Waals surface area contributed by atoms with Crippen molar-refractivity contribution in [3.8, 4) is 16.9 Å². The fourth-order valence-corrected chi connectivity index (χ4v) is 4.33. The van der Waals surface area contributed by atoms with Gasteiger partial charge in [0.15, 0.2) is 0 Å². The number of halogens is 3. The summed E-state index contributed by atoms with van der Waals surface area (Å²) < 4.78 is 42.9. The van der Waals surface area contributed by atoms with Crippen molar-refractivity contribution in [2.75, 3.05) is 29.9 Å². The van der Waals surface area contributed by atoms with E-state index < -0.39 is 29.1 Å². The highest BCUT2D eigenvalue weighted by atomic mass is 19.4. The van der Waals surface area contributed by atoms with Crippen molar-refractivity contribution in [1.82, 2.24) is 9.78 Å². The van der Waals surface area contributed by atoms with E-state index in [0.717, 1.165) is 16.3 Å². The van der Waals surface area contributed by atoms with Crippen LogP contribution in [0.15, 0.2) is 52.4 Å². The standard InChI is InChI=1S/C25H26F3N5O3/c1-3-29-22-12-21(17-9-15(2)8-16(10-17)13-30-36)31-33(24(22)35)23-11-18(32-7-6-19(34)14-32)4-5-20(23)25(26,27)28/h4-5,8-13,19,29,34,36H,3,6-7,14H2,1-2H3. The number of alkyl halides is 3. The third kappa shape index (κ3) is 5.20. The van der Waals surface area contributed by atoms with Gasteiger partial charge in [-0.25, -0.2) is 0 Å². The number of anilines is 2. The van der Waals surface area contributed by atoms with Crippen LogP contribution in [0.1, 0.15) is 30.0 Å². The Kier molecular flexibility index (Phi) is 7.02. The highest BCUT2D eigenvalue weighted by molar-refractivity contribution is 5.82. The molecule has 0 bridgehead atoms. The van der Waals surface area contributed by atoms with Crippen LogP contribution in [0, 0.1) is 6.92 Å². The average molecular weight is 502 g/mol. The SMILES string of the molecule is CCNc1cc(-c2cc(C)cc(C=NO)c2)nn(-c2cc(N3CCC(O)C3)ccc2C(F)(F)F)c1=O. The fourth-order valence-electron chi connectivity index (χ4n) is 4.33. The molecule has 1 fully saturated rings. The molecule has 1 aliphatic rings. The van der Waals surface area contributed by atoms with Crippen LogP contribution >= 0.6 is 0 Å². The maximum absolute atomic E-state index is 14.0. The third-order valence-electron chi connectivity index (χ3n) is 5.92. The summed E-state index contributed by atoms with van der Waals surface area (Å²) in [7, 11) is 0. The monoisotopic (exact) mass is 501 g/mol. The number of aliphatic hydroxyl groups is 1. The molecule has 2 heterocycles. The van der Waals surface area contributed by atoms with E-state index in [9.17, 15) is 23.1 Å². The van der Waals surface area contributed by atoms with Crippen LogP contribution in [0.25, 0.3) is 16.9 Å². The summed E-state index contributed by atoms with van der Waals surface area (Å²) >= 11 is 0. The summed E-state index contributed by atoms with van der Waals surface area (Å²) in [5.41, 5.74) is 0.568. The second-order valence-electron chi connectivity index (χ2n) is 8.66. The summed E-state index contributed by atoms with van der Waals surface area (Å²) in [6.07, 6.45) is -3.57. The molecule has 0 saturated carbocycles. The second-order valence-corrected chi connectivity index (χ2v) is 8.66. The molecule has 0 amide bonds. The quantitative estimate of drug-likeness (QED) is 0.268. The summed E-state index contributed by atoms with van der Waals surface area (Å²) in [4.78, 5) is 15.1. The molecule has 2 aromatic carbocycles. The Labute approximate surface area is 205 Å². The van der Waals surface area contributed by atoms with Gasteiger partial charge >= 0.3 is 6.18 Å². The Hall–Kier alpha value is -3.86. The molecule has 0 aliphatic carbocycles. The van der Waals surface area contributed by atoms with E-state index in [2.05, 4.69) is 15.6 Å². The van der Waals surface area contributed by atoms with Crippen molar-refractivity contribution < 1.29 is 23.5 Å². The van der Waals surface area contributed by atoms with E-state index in [-0.39, 0.29) is 17.9 Å². The lowest BCUT2D eigenvalue weighted by molar-refractivity contribution is -0.137. The number of nitrogens with zero attached hydrogens (tertiary/aromatic N) is 4. The Morgan fingerprint density at radius 3 is 2.64 bits per heavy atom. The minimum atomic E-state index is -4.73. The molecule has 190 valence electrons. The number of hydrogen-bond acceptors (Lipinski definition) is 7. The van der Waals surface area contributed by atoms with E-state index in [0.29, 0.717) is 36.3 Å². The number of β-amino-alcohol motifs (C(OH)–C–C–N with tert-alkyl or cyclic N) is 1. The number of nitrogens with one attached hydrogen (secondary N) is 1. The minimum Gasteiger partial charge on any atom is -0.411 e. The number of hydrogen-bond donors (Lipinski definition) is 3. The predicted octanol–water partition coefficient (Wildman–Crippen LogP) is 4.04. The van der Waals surface area contributed by atoms with Gasteiger partial charge in [-0.15, -0.1) is 0 Å². The number of aromatic nitrogens is 2. The molecule has 1 atom stereocenters. The van der Waals surface area contributed by atoms with Crippen LogP contribution in [0.5, 0.6) is 0 Å². The maximum atomic E-state index is 14.0. The summed E-state index contributed by atoms with van der Waals surface area (Å²) in [6, 6.07) is 10.2. The van der Waals surface area contributed by atoms with Gasteiger partial charge in [0.25, 0.3) is 5.56 Å². The Balaban J connectivity index is 1.96. The summed E-state index contributed by atoms with van der Waals surface area (Å²) in [5.74, 6) is 0. The van der Waals surface area contributed by atoms with Gasteiger partial charge in [0, 0.05) is 30.9 Å². The Morgan fingerprint density at radius 1 is 1.22 bits per heavy atom. The Morgan fingerprint density at radius 2 is 2.00 bits per heavy atom. The van der Waals surface area contributed by atoms with Crippen LogP contribution in [0.4, 0.5) is 24.5 Å². The van der Waals surface area contributed by atoms with Crippen LogP contribution in [-0.4, -0.2) is 52.0 Å². The lowest BCUT2D eigenvalue weighted by Gasteiger charge is -2.22.